The van der Waals surface area contributed by atoms with E-state index in [4.69, 9.17) is 9.47 Å². The summed E-state index contributed by atoms with van der Waals surface area (Å²) in [6, 6.07) is 2.46. The topological polar surface area (TPSA) is 163 Å². The molecule has 0 radical (unpaired) electrons. The Morgan fingerprint density at radius 1 is 1.15 bits per heavy atom. The Balaban J connectivity index is 2.06. The summed E-state index contributed by atoms with van der Waals surface area (Å²) < 4.78 is 14.4. The molecule has 2 rings (SSSR count). The van der Waals surface area contributed by atoms with Crippen LogP contribution in [-0.2, 0) is 25.5 Å². The lowest BCUT2D eigenvalue weighted by atomic mass is 9.79. The number of phenolic OH excluding ortho intramolecular Hbond substituents is 2. The molecule has 2 unspecified atom stereocenters. The van der Waals surface area contributed by atoms with Gasteiger partial charge >= 0.3 is 11.9 Å². The van der Waals surface area contributed by atoms with Crippen LogP contribution in [0.15, 0.2) is 12.1 Å². The minimum Gasteiger partial charge on any atom is -0.504 e. The molecule has 1 fully saturated rings. The van der Waals surface area contributed by atoms with Crippen molar-refractivity contribution < 1.29 is 49.3 Å². The Bertz CT molecular complexity index is 704. The minimum atomic E-state index is -2.08. The molecule has 1 aliphatic rings. The van der Waals surface area contributed by atoms with E-state index in [1.54, 1.807) is 0 Å². The van der Waals surface area contributed by atoms with Crippen LogP contribution >= 0.6 is 0 Å². The third-order valence-corrected chi connectivity index (χ3v) is 4.37. The van der Waals surface area contributed by atoms with E-state index in [0.717, 1.165) is 13.2 Å². The molecule has 1 aliphatic carbocycles. The molecule has 0 amide bonds. The van der Waals surface area contributed by atoms with Crippen LogP contribution in [0.3, 0.4) is 0 Å². The van der Waals surface area contributed by atoms with Gasteiger partial charge < -0.3 is 39.7 Å². The zero-order valence-electron chi connectivity index (χ0n) is 14.8. The van der Waals surface area contributed by atoms with Gasteiger partial charge in [-0.25, -0.2) is 4.79 Å². The third-order valence-electron chi connectivity index (χ3n) is 4.37. The Labute approximate surface area is 154 Å². The Morgan fingerprint density at radius 3 is 2.26 bits per heavy atom. The molecule has 10 heteroatoms. The van der Waals surface area contributed by atoms with E-state index in [1.807, 2.05) is 0 Å². The monoisotopic (exact) mass is 386 g/mol. The molecule has 27 heavy (non-hydrogen) atoms. The van der Waals surface area contributed by atoms with Gasteiger partial charge in [-0.1, -0.05) is 0 Å². The summed E-state index contributed by atoms with van der Waals surface area (Å²) in [7, 11) is 2.33. The first-order chi connectivity index (χ1) is 12.6. The van der Waals surface area contributed by atoms with E-state index < -0.39 is 60.2 Å². The number of rotatable bonds is 5. The standard InChI is InChI=1S/C17H22O10/c1-25-12-4-8(3-9(18)14(12)22)5-13(21)27-15-10(19)6-17(24,7-11(15)20)16(23)26-2/h3-4,10-11,15,18-20,22,24H,5-7H2,1-2H3/t10-,11+,15?,17?. The quantitative estimate of drug-likeness (QED) is 0.313. The molecule has 0 saturated heterocycles. The van der Waals surface area contributed by atoms with E-state index in [-0.39, 0.29) is 17.7 Å². The lowest BCUT2D eigenvalue weighted by Gasteiger charge is -2.39. The summed E-state index contributed by atoms with van der Waals surface area (Å²) in [5, 5.41) is 49.6. The van der Waals surface area contributed by atoms with Gasteiger partial charge in [0, 0.05) is 12.8 Å². The average molecular weight is 386 g/mol. The zero-order valence-corrected chi connectivity index (χ0v) is 14.8. The number of aliphatic hydroxyl groups excluding tert-OH is 2. The highest BCUT2D eigenvalue weighted by atomic mass is 16.6. The molecule has 150 valence electrons. The molecule has 1 aromatic rings. The number of esters is 2. The molecule has 4 atom stereocenters. The number of benzene rings is 1. The summed E-state index contributed by atoms with van der Waals surface area (Å²) in [5.74, 6) is -2.85. The Hall–Kier alpha value is -2.56. The number of aromatic hydroxyl groups is 2. The van der Waals surface area contributed by atoms with Gasteiger partial charge in [-0.05, 0) is 17.7 Å². The third kappa shape index (κ3) is 4.41. The highest BCUT2D eigenvalue weighted by Gasteiger charge is 2.51. The molecule has 0 heterocycles. The number of carbonyl (C=O) groups excluding carboxylic acids is 2. The molecule has 1 aromatic carbocycles. The number of ether oxygens (including phenoxy) is 3. The lowest BCUT2D eigenvalue weighted by Crippen LogP contribution is -2.57. The number of methoxy groups -OCH3 is 2. The second kappa shape index (κ2) is 7.99. The molecule has 0 bridgehead atoms. The van der Waals surface area contributed by atoms with Crippen LogP contribution in [0.25, 0.3) is 0 Å². The Kier molecular flexibility index (Phi) is 6.14. The van der Waals surface area contributed by atoms with Crippen molar-refractivity contribution in [1.82, 2.24) is 0 Å². The second-order valence-electron chi connectivity index (χ2n) is 6.36. The van der Waals surface area contributed by atoms with Crippen LogP contribution in [0.4, 0.5) is 0 Å². The normalized spacial score (nSPS) is 27.7. The van der Waals surface area contributed by atoms with E-state index in [9.17, 15) is 35.1 Å². The van der Waals surface area contributed by atoms with Gasteiger partial charge in [0.15, 0.2) is 23.2 Å². The summed E-state index contributed by atoms with van der Waals surface area (Å²) in [5.41, 5.74) is -1.81. The lowest BCUT2D eigenvalue weighted by molar-refractivity contribution is -0.200. The van der Waals surface area contributed by atoms with E-state index in [0.29, 0.717) is 0 Å². The van der Waals surface area contributed by atoms with Gasteiger partial charge in [0.1, 0.15) is 0 Å². The van der Waals surface area contributed by atoms with E-state index in [2.05, 4.69) is 4.74 Å². The van der Waals surface area contributed by atoms with Crippen molar-refractivity contribution in [2.45, 2.75) is 43.2 Å². The molecule has 10 nitrogen and oxygen atoms in total. The first-order valence-electron chi connectivity index (χ1n) is 8.06. The van der Waals surface area contributed by atoms with Crippen LogP contribution in [0.1, 0.15) is 18.4 Å². The van der Waals surface area contributed by atoms with Crippen molar-refractivity contribution in [3.63, 3.8) is 0 Å². The van der Waals surface area contributed by atoms with Crippen LogP contribution in [0.5, 0.6) is 17.2 Å². The van der Waals surface area contributed by atoms with Crippen molar-refractivity contribution in [3.05, 3.63) is 17.7 Å². The predicted molar refractivity (Wildman–Crippen MR) is 88.1 cm³/mol. The van der Waals surface area contributed by atoms with Gasteiger partial charge in [0.2, 0.25) is 5.75 Å². The summed E-state index contributed by atoms with van der Waals surface area (Å²) in [4.78, 5) is 23.7. The van der Waals surface area contributed by atoms with Crippen LogP contribution in [-0.4, -0.2) is 75.6 Å². The van der Waals surface area contributed by atoms with Gasteiger partial charge in [-0.3, -0.25) is 4.79 Å². The fourth-order valence-corrected chi connectivity index (χ4v) is 3.04. The predicted octanol–water partition coefficient (Wildman–Crippen LogP) is -1.02. The summed E-state index contributed by atoms with van der Waals surface area (Å²) in [6.07, 6.45) is -5.63. The van der Waals surface area contributed by atoms with Gasteiger partial charge in [-0.2, -0.15) is 0 Å². The fourth-order valence-electron chi connectivity index (χ4n) is 3.04. The van der Waals surface area contributed by atoms with Crippen molar-refractivity contribution in [2.75, 3.05) is 14.2 Å². The highest BCUT2D eigenvalue weighted by molar-refractivity contribution is 5.79. The van der Waals surface area contributed by atoms with Crippen molar-refractivity contribution in [2.24, 2.45) is 0 Å². The summed E-state index contributed by atoms with van der Waals surface area (Å²) in [6.45, 7) is 0. The van der Waals surface area contributed by atoms with Crippen molar-refractivity contribution >= 4 is 11.9 Å². The fraction of sp³-hybridized carbons (Fsp3) is 0.529. The maximum absolute atomic E-state index is 12.1. The van der Waals surface area contributed by atoms with Crippen LogP contribution < -0.4 is 4.74 Å². The number of phenols is 2. The maximum Gasteiger partial charge on any atom is 0.338 e. The van der Waals surface area contributed by atoms with E-state index >= 15 is 0 Å². The van der Waals surface area contributed by atoms with E-state index in [1.165, 1.54) is 13.2 Å². The number of hydrogen-bond acceptors (Lipinski definition) is 10. The second-order valence-corrected chi connectivity index (χ2v) is 6.36. The number of hydrogen-bond donors (Lipinski definition) is 5. The largest absolute Gasteiger partial charge is 0.504 e. The van der Waals surface area contributed by atoms with Gasteiger partial charge in [0.05, 0.1) is 32.8 Å². The highest BCUT2D eigenvalue weighted by Crippen LogP contribution is 2.37. The first-order valence-corrected chi connectivity index (χ1v) is 8.06. The van der Waals surface area contributed by atoms with Gasteiger partial charge in [-0.15, -0.1) is 0 Å². The average Bonchev–Trinajstić information content (AvgIpc) is 2.60. The minimum absolute atomic E-state index is 0.0429. The molecule has 0 aliphatic heterocycles. The van der Waals surface area contributed by atoms with Crippen molar-refractivity contribution in [1.29, 1.82) is 0 Å². The summed E-state index contributed by atoms with van der Waals surface area (Å²) >= 11 is 0. The van der Waals surface area contributed by atoms with Crippen molar-refractivity contribution in [3.8, 4) is 17.2 Å². The number of carbonyl (C=O) groups is 2. The molecule has 1 saturated carbocycles. The molecular weight excluding hydrogens is 364 g/mol. The molecule has 5 N–H and O–H groups in total. The Morgan fingerprint density at radius 2 is 1.74 bits per heavy atom. The smallest absolute Gasteiger partial charge is 0.338 e. The van der Waals surface area contributed by atoms with Crippen LogP contribution in [0.2, 0.25) is 0 Å². The maximum atomic E-state index is 12.1. The SMILES string of the molecule is COC(=O)C1(O)C[C@@H](O)C(OC(=O)Cc2cc(O)c(O)c(OC)c2)[C@@H](O)C1. The zero-order chi connectivity index (χ0) is 20.4. The molecule has 0 aromatic heterocycles. The molecular formula is C17H22O10. The van der Waals surface area contributed by atoms with Gasteiger partial charge in [0.25, 0.3) is 0 Å². The first kappa shape index (κ1) is 20.7. The number of aliphatic hydroxyl groups is 3. The molecule has 0 spiro atoms. The van der Waals surface area contributed by atoms with Crippen LogP contribution in [0, 0.1) is 0 Å².